The number of nitrogens with zero attached hydrogens (tertiary/aromatic N) is 2. The van der Waals surface area contributed by atoms with Gasteiger partial charge in [0.2, 0.25) is 11.0 Å². The molecule has 2 amide bonds. The molecular formula is C25H22N4O3S. The molecule has 2 N–H and O–H groups in total. The SMILES string of the molecule is O=C(COc1ccccc1)NC(Cc1ccccc1)C(=O)Nc1nnc(-c2ccccc2)s1. The lowest BCUT2D eigenvalue weighted by Gasteiger charge is -2.18. The van der Waals surface area contributed by atoms with Crippen LogP contribution in [0.1, 0.15) is 5.56 Å². The van der Waals surface area contributed by atoms with Crippen LogP contribution < -0.4 is 15.4 Å². The summed E-state index contributed by atoms with van der Waals surface area (Å²) in [5.74, 6) is -0.182. The van der Waals surface area contributed by atoms with Gasteiger partial charge in [-0.3, -0.25) is 14.9 Å². The normalized spacial score (nSPS) is 11.4. The first-order valence-electron chi connectivity index (χ1n) is 10.4. The van der Waals surface area contributed by atoms with Crippen LogP contribution in [0.15, 0.2) is 91.0 Å². The molecule has 166 valence electrons. The van der Waals surface area contributed by atoms with Crippen molar-refractivity contribution in [2.75, 3.05) is 11.9 Å². The standard InChI is InChI=1S/C25H22N4O3S/c30-22(17-32-20-14-8-3-9-15-20)26-21(16-18-10-4-1-5-11-18)23(31)27-25-29-28-24(33-25)19-12-6-2-7-13-19/h1-15,21H,16-17H2,(H,26,30)(H,27,29,31). The van der Waals surface area contributed by atoms with Crippen molar-refractivity contribution in [2.24, 2.45) is 0 Å². The zero-order valence-electron chi connectivity index (χ0n) is 17.7. The number of carbonyl (C=O) groups is 2. The third-order valence-electron chi connectivity index (χ3n) is 4.72. The first-order valence-corrected chi connectivity index (χ1v) is 11.2. The van der Waals surface area contributed by atoms with E-state index in [-0.39, 0.29) is 12.5 Å². The van der Waals surface area contributed by atoms with E-state index in [9.17, 15) is 9.59 Å². The van der Waals surface area contributed by atoms with E-state index >= 15 is 0 Å². The Morgan fingerprint density at radius 3 is 2.18 bits per heavy atom. The maximum atomic E-state index is 13.0. The maximum Gasteiger partial charge on any atom is 0.258 e. The first-order chi connectivity index (χ1) is 16.2. The van der Waals surface area contributed by atoms with Gasteiger partial charge in [-0.15, -0.1) is 10.2 Å². The molecule has 0 saturated carbocycles. The average molecular weight is 459 g/mol. The molecule has 0 spiro atoms. The summed E-state index contributed by atoms with van der Waals surface area (Å²) in [5.41, 5.74) is 1.84. The number of nitrogens with one attached hydrogen (secondary N) is 2. The van der Waals surface area contributed by atoms with Crippen molar-refractivity contribution in [2.45, 2.75) is 12.5 Å². The summed E-state index contributed by atoms with van der Waals surface area (Å²) in [6.07, 6.45) is 0.327. The fourth-order valence-electron chi connectivity index (χ4n) is 3.12. The first kappa shape index (κ1) is 22.2. The number of benzene rings is 3. The molecule has 1 aromatic heterocycles. The molecule has 1 atom stereocenters. The second kappa shape index (κ2) is 11.0. The van der Waals surface area contributed by atoms with Gasteiger partial charge in [-0.05, 0) is 17.7 Å². The zero-order chi connectivity index (χ0) is 22.9. The summed E-state index contributed by atoms with van der Waals surface area (Å²) in [6.45, 7) is -0.195. The summed E-state index contributed by atoms with van der Waals surface area (Å²) >= 11 is 1.27. The van der Waals surface area contributed by atoms with Gasteiger partial charge < -0.3 is 10.1 Å². The largest absolute Gasteiger partial charge is 0.484 e. The Labute approximate surface area is 195 Å². The van der Waals surface area contributed by atoms with Gasteiger partial charge in [0.1, 0.15) is 16.8 Å². The van der Waals surface area contributed by atoms with Crippen molar-refractivity contribution >= 4 is 28.3 Å². The summed E-state index contributed by atoms with van der Waals surface area (Å²) < 4.78 is 5.51. The summed E-state index contributed by atoms with van der Waals surface area (Å²) in [4.78, 5) is 25.6. The summed E-state index contributed by atoms with van der Waals surface area (Å²) in [6, 6.07) is 27.3. The Bertz CT molecular complexity index is 1180. The predicted molar refractivity (Wildman–Crippen MR) is 128 cm³/mol. The van der Waals surface area contributed by atoms with Gasteiger partial charge >= 0.3 is 0 Å². The van der Waals surface area contributed by atoms with Crippen LogP contribution in [-0.2, 0) is 16.0 Å². The number of rotatable bonds is 9. The van der Waals surface area contributed by atoms with Crippen LogP contribution in [-0.4, -0.2) is 34.7 Å². The van der Waals surface area contributed by atoms with E-state index in [1.54, 1.807) is 12.1 Å². The second-order valence-electron chi connectivity index (χ2n) is 7.18. The average Bonchev–Trinajstić information content (AvgIpc) is 3.33. The minimum absolute atomic E-state index is 0.195. The van der Waals surface area contributed by atoms with E-state index in [1.807, 2.05) is 78.9 Å². The maximum absolute atomic E-state index is 13.0. The van der Waals surface area contributed by atoms with E-state index in [2.05, 4.69) is 20.8 Å². The number of ether oxygens (including phenoxy) is 1. The van der Waals surface area contributed by atoms with Crippen molar-refractivity contribution in [3.05, 3.63) is 96.6 Å². The molecule has 3 aromatic carbocycles. The van der Waals surface area contributed by atoms with Crippen LogP contribution in [0.4, 0.5) is 5.13 Å². The molecule has 0 saturated heterocycles. The minimum atomic E-state index is -0.802. The molecule has 0 aliphatic rings. The van der Waals surface area contributed by atoms with Crippen molar-refractivity contribution in [1.29, 1.82) is 0 Å². The second-order valence-corrected chi connectivity index (χ2v) is 8.16. The number of hydrogen-bond acceptors (Lipinski definition) is 6. The Morgan fingerprint density at radius 2 is 1.48 bits per heavy atom. The fraction of sp³-hybridized carbons (Fsp3) is 0.120. The van der Waals surface area contributed by atoms with Gasteiger partial charge in [-0.2, -0.15) is 0 Å². The van der Waals surface area contributed by atoms with Crippen LogP contribution in [0.2, 0.25) is 0 Å². The lowest BCUT2D eigenvalue weighted by molar-refractivity contribution is -0.127. The molecule has 7 nitrogen and oxygen atoms in total. The van der Waals surface area contributed by atoms with Crippen LogP contribution in [0.25, 0.3) is 10.6 Å². The lowest BCUT2D eigenvalue weighted by Crippen LogP contribution is -2.46. The molecular weight excluding hydrogens is 436 g/mol. The predicted octanol–water partition coefficient (Wildman–Crippen LogP) is 3.95. The van der Waals surface area contributed by atoms with Gasteiger partial charge in [0.25, 0.3) is 5.91 Å². The number of aromatic nitrogens is 2. The molecule has 33 heavy (non-hydrogen) atoms. The van der Waals surface area contributed by atoms with E-state index in [0.29, 0.717) is 22.3 Å². The number of amides is 2. The van der Waals surface area contributed by atoms with Crippen molar-refractivity contribution in [3.8, 4) is 16.3 Å². The third kappa shape index (κ3) is 6.47. The topological polar surface area (TPSA) is 93.2 Å². The monoisotopic (exact) mass is 458 g/mol. The molecule has 0 aliphatic heterocycles. The smallest absolute Gasteiger partial charge is 0.258 e. The van der Waals surface area contributed by atoms with Crippen LogP contribution in [0, 0.1) is 0 Å². The molecule has 1 unspecified atom stereocenters. The third-order valence-corrected chi connectivity index (χ3v) is 5.61. The molecule has 4 aromatic rings. The van der Waals surface area contributed by atoms with Crippen LogP contribution >= 0.6 is 11.3 Å². The molecule has 8 heteroatoms. The van der Waals surface area contributed by atoms with E-state index in [4.69, 9.17) is 4.74 Å². The number of hydrogen-bond donors (Lipinski definition) is 2. The van der Waals surface area contributed by atoms with Gasteiger partial charge in [0, 0.05) is 12.0 Å². The van der Waals surface area contributed by atoms with E-state index in [0.717, 1.165) is 11.1 Å². The molecule has 0 radical (unpaired) electrons. The number of carbonyl (C=O) groups excluding carboxylic acids is 2. The summed E-state index contributed by atoms with van der Waals surface area (Å²) in [5, 5.41) is 14.9. The highest BCUT2D eigenvalue weighted by atomic mass is 32.1. The number of para-hydroxylation sites is 1. The molecule has 1 heterocycles. The number of anilines is 1. The van der Waals surface area contributed by atoms with E-state index < -0.39 is 11.9 Å². The molecule has 0 bridgehead atoms. The van der Waals surface area contributed by atoms with Gasteiger partial charge in [-0.1, -0.05) is 90.2 Å². The highest BCUT2D eigenvalue weighted by Crippen LogP contribution is 2.26. The Morgan fingerprint density at radius 1 is 0.848 bits per heavy atom. The van der Waals surface area contributed by atoms with Crippen LogP contribution in [0.3, 0.4) is 0 Å². The quantitative estimate of drug-likeness (QED) is 0.396. The highest BCUT2D eigenvalue weighted by molar-refractivity contribution is 7.18. The molecule has 0 fully saturated rings. The van der Waals surface area contributed by atoms with E-state index in [1.165, 1.54) is 11.3 Å². The Kier molecular flexibility index (Phi) is 7.40. The lowest BCUT2D eigenvalue weighted by atomic mass is 10.1. The summed E-state index contributed by atoms with van der Waals surface area (Å²) in [7, 11) is 0. The van der Waals surface area contributed by atoms with Crippen molar-refractivity contribution in [1.82, 2.24) is 15.5 Å². The zero-order valence-corrected chi connectivity index (χ0v) is 18.5. The fourth-order valence-corrected chi connectivity index (χ4v) is 3.88. The Balaban J connectivity index is 1.42. The van der Waals surface area contributed by atoms with Gasteiger partial charge in [0.15, 0.2) is 6.61 Å². The Hall–Kier alpha value is -4.04. The molecule has 4 rings (SSSR count). The minimum Gasteiger partial charge on any atom is -0.484 e. The highest BCUT2D eigenvalue weighted by Gasteiger charge is 2.23. The van der Waals surface area contributed by atoms with Gasteiger partial charge in [0.05, 0.1) is 0 Å². The van der Waals surface area contributed by atoms with Crippen molar-refractivity contribution < 1.29 is 14.3 Å². The molecule has 0 aliphatic carbocycles. The van der Waals surface area contributed by atoms with Crippen molar-refractivity contribution in [3.63, 3.8) is 0 Å². The van der Waals surface area contributed by atoms with Crippen LogP contribution in [0.5, 0.6) is 5.75 Å². The van der Waals surface area contributed by atoms with Gasteiger partial charge in [-0.25, -0.2) is 0 Å².